The van der Waals surface area contributed by atoms with Crippen LogP contribution in [0, 0.1) is 0 Å². The molecule has 1 fully saturated rings. The van der Waals surface area contributed by atoms with Crippen LogP contribution in [0.25, 0.3) is 0 Å². The second-order valence-electron chi connectivity index (χ2n) is 3.75. The second kappa shape index (κ2) is 4.29. The van der Waals surface area contributed by atoms with E-state index in [4.69, 9.17) is 5.11 Å². The van der Waals surface area contributed by atoms with Gasteiger partial charge in [0.05, 0.1) is 11.9 Å². The van der Waals surface area contributed by atoms with Crippen LogP contribution in [0.3, 0.4) is 0 Å². The Morgan fingerprint density at radius 2 is 2.40 bits per heavy atom. The Hall–Kier alpha value is -1.58. The maximum atomic E-state index is 11.1. The van der Waals surface area contributed by atoms with Gasteiger partial charge in [0, 0.05) is 12.7 Å². The molecule has 1 aromatic rings. The summed E-state index contributed by atoms with van der Waals surface area (Å²) in [6, 6.07) is 3.36. The average Bonchev–Trinajstić information content (AvgIpc) is 2.30. The van der Waals surface area contributed by atoms with Crippen LogP contribution in [0.4, 0.5) is 5.69 Å². The molecule has 0 aliphatic carbocycles. The van der Waals surface area contributed by atoms with Crippen LogP contribution in [0.15, 0.2) is 24.5 Å². The smallest absolute Gasteiger partial charge is 0.326 e. The Labute approximate surface area is 88.6 Å². The minimum absolute atomic E-state index is 0.386. The Morgan fingerprint density at radius 1 is 1.53 bits per heavy atom. The van der Waals surface area contributed by atoms with Gasteiger partial charge in [0.1, 0.15) is 6.04 Å². The van der Waals surface area contributed by atoms with Crippen molar-refractivity contribution in [2.24, 2.45) is 0 Å². The van der Waals surface area contributed by atoms with Crippen molar-refractivity contribution in [1.82, 2.24) is 4.98 Å². The van der Waals surface area contributed by atoms with E-state index in [1.54, 1.807) is 12.4 Å². The Bertz CT molecular complexity index is 340. The molecule has 2 rings (SSSR count). The highest BCUT2D eigenvalue weighted by atomic mass is 16.4. The summed E-state index contributed by atoms with van der Waals surface area (Å²) in [6.45, 7) is 0.808. The highest BCUT2D eigenvalue weighted by Gasteiger charge is 2.28. The lowest BCUT2D eigenvalue weighted by atomic mass is 10.0. The lowest BCUT2D eigenvalue weighted by Gasteiger charge is -2.34. The molecule has 1 aliphatic rings. The molecule has 0 unspecified atom stereocenters. The molecule has 1 aromatic heterocycles. The van der Waals surface area contributed by atoms with Gasteiger partial charge in [0.2, 0.25) is 0 Å². The number of carboxylic acid groups (broad SMARTS) is 1. The first-order valence-electron chi connectivity index (χ1n) is 5.18. The molecule has 0 bridgehead atoms. The summed E-state index contributed by atoms with van der Waals surface area (Å²) in [7, 11) is 0. The fraction of sp³-hybridized carbons (Fsp3) is 0.455. The zero-order chi connectivity index (χ0) is 10.7. The van der Waals surface area contributed by atoms with Gasteiger partial charge in [-0.25, -0.2) is 4.79 Å². The number of nitrogens with zero attached hydrogens (tertiary/aromatic N) is 2. The zero-order valence-electron chi connectivity index (χ0n) is 8.47. The van der Waals surface area contributed by atoms with E-state index in [9.17, 15) is 4.79 Å². The minimum Gasteiger partial charge on any atom is -0.480 e. The molecule has 0 radical (unpaired) electrons. The molecule has 0 saturated carbocycles. The van der Waals surface area contributed by atoms with Crippen molar-refractivity contribution in [3.05, 3.63) is 24.5 Å². The van der Waals surface area contributed by atoms with E-state index in [0.717, 1.165) is 31.5 Å². The third kappa shape index (κ3) is 2.09. The topological polar surface area (TPSA) is 53.4 Å². The summed E-state index contributed by atoms with van der Waals surface area (Å²) in [4.78, 5) is 17.0. The summed E-state index contributed by atoms with van der Waals surface area (Å²) in [6.07, 6.45) is 6.20. The fourth-order valence-electron chi connectivity index (χ4n) is 2.02. The number of piperidine rings is 1. The average molecular weight is 206 g/mol. The Kier molecular flexibility index (Phi) is 2.85. The van der Waals surface area contributed by atoms with E-state index in [0.29, 0.717) is 0 Å². The van der Waals surface area contributed by atoms with Gasteiger partial charge in [-0.3, -0.25) is 4.98 Å². The summed E-state index contributed by atoms with van der Waals surface area (Å²) in [5.41, 5.74) is 0.907. The summed E-state index contributed by atoms with van der Waals surface area (Å²) >= 11 is 0. The van der Waals surface area contributed by atoms with Crippen LogP contribution in [-0.4, -0.2) is 28.6 Å². The van der Waals surface area contributed by atoms with Crippen LogP contribution < -0.4 is 4.90 Å². The second-order valence-corrected chi connectivity index (χ2v) is 3.75. The van der Waals surface area contributed by atoms with E-state index < -0.39 is 5.97 Å². The zero-order valence-corrected chi connectivity index (χ0v) is 8.47. The predicted octanol–water partition coefficient (Wildman–Crippen LogP) is 1.53. The molecule has 80 valence electrons. The summed E-state index contributed by atoms with van der Waals surface area (Å²) in [5, 5.41) is 9.11. The molecule has 1 saturated heterocycles. The van der Waals surface area contributed by atoms with Crippen LogP contribution in [-0.2, 0) is 4.79 Å². The molecule has 0 aromatic carbocycles. The minimum atomic E-state index is -0.737. The number of hydrogen-bond donors (Lipinski definition) is 1. The molecule has 4 nitrogen and oxygen atoms in total. The number of aromatic nitrogens is 1. The van der Waals surface area contributed by atoms with Gasteiger partial charge >= 0.3 is 5.97 Å². The van der Waals surface area contributed by atoms with Crippen molar-refractivity contribution < 1.29 is 9.90 Å². The van der Waals surface area contributed by atoms with E-state index >= 15 is 0 Å². The number of pyridine rings is 1. The fourth-order valence-corrected chi connectivity index (χ4v) is 2.02. The molecular weight excluding hydrogens is 192 g/mol. The van der Waals surface area contributed by atoms with Gasteiger partial charge in [-0.1, -0.05) is 0 Å². The van der Waals surface area contributed by atoms with Gasteiger partial charge in [-0.2, -0.15) is 0 Å². The summed E-state index contributed by atoms with van der Waals surface area (Å²) in [5.74, 6) is -0.737. The van der Waals surface area contributed by atoms with Crippen LogP contribution in [0.2, 0.25) is 0 Å². The SMILES string of the molecule is O=C(O)[C@H]1CCCCN1c1cccnc1. The highest BCUT2D eigenvalue weighted by molar-refractivity contribution is 5.78. The van der Waals surface area contributed by atoms with E-state index in [1.807, 2.05) is 17.0 Å². The molecule has 1 atom stereocenters. The summed E-state index contributed by atoms with van der Waals surface area (Å²) < 4.78 is 0. The van der Waals surface area contributed by atoms with Crippen LogP contribution in [0.1, 0.15) is 19.3 Å². The van der Waals surface area contributed by atoms with Crippen molar-refractivity contribution in [2.45, 2.75) is 25.3 Å². The third-order valence-corrected chi connectivity index (χ3v) is 2.77. The van der Waals surface area contributed by atoms with Crippen molar-refractivity contribution >= 4 is 11.7 Å². The Balaban J connectivity index is 2.22. The van der Waals surface area contributed by atoms with E-state index in [1.165, 1.54) is 0 Å². The molecule has 0 spiro atoms. The van der Waals surface area contributed by atoms with Crippen LogP contribution >= 0.6 is 0 Å². The van der Waals surface area contributed by atoms with E-state index in [2.05, 4.69) is 4.98 Å². The lowest BCUT2D eigenvalue weighted by Crippen LogP contribution is -2.44. The first kappa shape index (κ1) is 9.96. The number of carbonyl (C=O) groups is 1. The number of carboxylic acids is 1. The molecule has 0 amide bonds. The maximum absolute atomic E-state index is 11.1. The molecule has 4 heteroatoms. The van der Waals surface area contributed by atoms with Crippen molar-refractivity contribution in [3.8, 4) is 0 Å². The van der Waals surface area contributed by atoms with Gasteiger partial charge < -0.3 is 10.0 Å². The van der Waals surface area contributed by atoms with Crippen molar-refractivity contribution in [2.75, 3.05) is 11.4 Å². The molecule has 1 N–H and O–H groups in total. The van der Waals surface area contributed by atoms with Gasteiger partial charge in [0.15, 0.2) is 0 Å². The Morgan fingerprint density at radius 3 is 3.07 bits per heavy atom. The number of aliphatic carboxylic acids is 1. The van der Waals surface area contributed by atoms with Gasteiger partial charge in [-0.15, -0.1) is 0 Å². The predicted molar refractivity (Wildman–Crippen MR) is 56.9 cm³/mol. The standard InChI is InChI=1S/C11H14N2O2/c14-11(15)10-5-1-2-7-13(10)9-4-3-6-12-8-9/h3-4,6,8,10H,1-2,5,7H2,(H,14,15)/t10-/m1/s1. The first-order chi connectivity index (χ1) is 7.29. The van der Waals surface area contributed by atoms with Crippen LogP contribution in [0.5, 0.6) is 0 Å². The largest absolute Gasteiger partial charge is 0.480 e. The normalized spacial score (nSPS) is 21.3. The number of hydrogen-bond acceptors (Lipinski definition) is 3. The molecule has 1 aliphatic heterocycles. The lowest BCUT2D eigenvalue weighted by molar-refractivity contribution is -0.139. The molecule has 15 heavy (non-hydrogen) atoms. The van der Waals surface area contributed by atoms with Crippen molar-refractivity contribution in [3.63, 3.8) is 0 Å². The highest BCUT2D eigenvalue weighted by Crippen LogP contribution is 2.23. The first-order valence-corrected chi connectivity index (χ1v) is 5.18. The molecule has 2 heterocycles. The number of anilines is 1. The quantitative estimate of drug-likeness (QED) is 0.797. The van der Waals surface area contributed by atoms with E-state index in [-0.39, 0.29) is 6.04 Å². The van der Waals surface area contributed by atoms with Crippen molar-refractivity contribution in [1.29, 1.82) is 0 Å². The van der Waals surface area contributed by atoms with Gasteiger partial charge in [0.25, 0.3) is 0 Å². The maximum Gasteiger partial charge on any atom is 0.326 e. The number of rotatable bonds is 2. The molecular formula is C11H14N2O2. The van der Waals surface area contributed by atoms with Gasteiger partial charge in [-0.05, 0) is 31.4 Å². The monoisotopic (exact) mass is 206 g/mol. The third-order valence-electron chi connectivity index (χ3n) is 2.77.